The molecule has 0 aliphatic carbocycles. The SMILES string of the molecule is C[C@H](OC(=O)/C=C/c1ccc(C(F)(F)F)cc1)C(=O)Nc1cccnc1Cl. The molecule has 0 unspecified atom stereocenters. The summed E-state index contributed by atoms with van der Waals surface area (Å²) < 4.78 is 42.4. The molecule has 0 spiro atoms. The third-order valence-electron chi connectivity index (χ3n) is 3.33. The number of nitrogens with one attached hydrogen (secondary N) is 1. The molecule has 0 bridgehead atoms. The Bertz CT molecular complexity index is 852. The van der Waals surface area contributed by atoms with Crippen molar-refractivity contribution >= 4 is 35.2 Å². The van der Waals surface area contributed by atoms with E-state index < -0.39 is 29.7 Å². The number of halogens is 4. The van der Waals surface area contributed by atoms with Gasteiger partial charge in [-0.15, -0.1) is 0 Å². The molecule has 0 aliphatic heterocycles. The molecule has 27 heavy (non-hydrogen) atoms. The molecular weight excluding hydrogens is 385 g/mol. The fourth-order valence-electron chi connectivity index (χ4n) is 1.93. The largest absolute Gasteiger partial charge is 0.449 e. The van der Waals surface area contributed by atoms with Crippen molar-refractivity contribution in [3.8, 4) is 0 Å². The van der Waals surface area contributed by atoms with E-state index >= 15 is 0 Å². The zero-order valence-corrected chi connectivity index (χ0v) is 14.7. The first kappa shape index (κ1) is 20.4. The van der Waals surface area contributed by atoms with E-state index in [9.17, 15) is 22.8 Å². The molecule has 0 saturated carbocycles. The number of ether oxygens (including phenoxy) is 1. The molecule has 0 aliphatic rings. The van der Waals surface area contributed by atoms with E-state index in [0.29, 0.717) is 5.56 Å². The molecular formula is C18H14ClF3N2O3. The molecule has 142 valence electrons. The highest BCUT2D eigenvalue weighted by Crippen LogP contribution is 2.29. The lowest BCUT2D eigenvalue weighted by atomic mass is 10.1. The second kappa shape index (κ2) is 8.68. The second-order valence-corrected chi connectivity index (χ2v) is 5.72. The van der Waals surface area contributed by atoms with Gasteiger partial charge in [-0.1, -0.05) is 23.7 Å². The number of carbonyl (C=O) groups excluding carboxylic acids is 2. The van der Waals surface area contributed by atoms with Crippen molar-refractivity contribution in [3.05, 3.63) is 65.0 Å². The number of pyridine rings is 1. The summed E-state index contributed by atoms with van der Waals surface area (Å²) in [5, 5.41) is 2.56. The maximum absolute atomic E-state index is 12.5. The third kappa shape index (κ3) is 6.10. The number of amides is 1. The van der Waals surface area contributed by atoms with Crippen LogP contribution >= 0.6 is 11.6 Å². The Balaban J connectivity index is 1.91. The number of anilines is 1. The standard InChI is InChI=1S/C18H14ClF3N2O3/c1-11(17(26)24-14-3-2-10-23-16(14)19)27-15(25)9-6-12-4-7-13(8-5-12)18(20,21)22/h2-11H,1H3,(H,24,26)/b9-6+/t11-/m0/s1. The number of aromatic nitrogens is 1. The van der Waals surface area contributed by atoms with Crippen LogP contribution < -0.4 is 5.32 Å². The van der Waals surface area contributed by atoms with Gasteiger partial charge in [0.25, 0.3) is 5.91 Å². The number of nitrogens with zero attached hydrogens (tertiary/aromatic N) is 1. The molecule has 1 aromatic heterocycles. The Hall–Kier alpha value is -2.87. The van der Waals surface area contributed by atoms with Crippen molar-refractivity contribution in [2.24, 2.45) is 0 Å². The first-order valence-corrected chi connectivity index (χ1v) is 8.02. The number of benzene rings is 1. The van der Waals surface area contributed by atoms with Gasteiger partial charge in [0.05, 0.1) is 11.3 Å². The molecule has 0 saturated heterocycles. The lowest BCUT2D eigenvalue weighted by Gasteiger charge is -2.12. The van der Waals surface area contributed by atoms with Gasteiger partial charge >= 0.3 is 12.1 Å². The van der Waals surface area contributed by atoms with Crippen molar-refractivity contribution in [3.63, 3.8) is 0 Å². The summed E-state index contributed by atoms with van der Waals surface area (Å²) in [6.07, 6.45) is -1.80. The number of alkyl halides is 3. The highest BCUT2D eigenvalue weighted by molar-refractivity contribution is 6.32. The molecule has 9 heteroatoms. The zero-order chi connectivity index (χ0) is 20.0. The number of carbonyl (C=O) groups is 2. The molecule has 1 aromatic carbocycles. The van der Waals surface area contributed by atoms with Gasteiger partial charge in [0.1, 0.15) is 0 Å². The molecule has 0 radical (unpaired) electrons. The summed E-state index contributed by atoms with van der Waals surface area (Å²) >= 11 is 5.82. The zero-order valence-electron chi connectivity index (χ0n) is 14.0. The summed E-state index contributed by atoms with van der Waals surface area (Å²) in [6.45, 7) is 1.36. The second-order valence-electron chi connectivity index (χ2n) is 5.36. The van der Waals surface area contributed by atoms with Crippen LogP contribution in [0.5, 0.6) is 0 Å². The van der Waals surface area contributed by atoms with Crippen LogP contribution in [0.4, 0.5) is 18.9 Å². The fraction of sp³-hybridized carbons (Fsp3) is 0.167. The molecule has 1 amide bonds. The first-order chi connectivity index (χ1) is 12.7. The smallest absolute Gasteiger partial charge is 0.416 e. The van der Waals surface area contributed by atoms with Gasteiger partial charge in [0.15, 0.2) is 11.3 Å². The Morgan fingerprint density at radius 1 is 1.22 bits per heavy atom. The molecule has 1 heterocycles. The third-order valence-corrected chi connectivity index (χ3v) is 3.63. The lowest BCUT2D eigenvalue weighted by Crippen LogP contribution is -2.29. The Morgan fingerprint density at radius 3 is 2.48 bits per heavy atom. The maximum Gasteiger partial charge on any atom is 0.416 e. The summed E-state index contributed by atoms with van der Waals surface area (Å²) in [5.41, 5.74) is -0.145. The maximum atomic E-state index is 12.5. The molecule has 5 nitrogen and oxygen atoms in total. The Morgan fingerprint density at radius 2 is 1.89 bits per heavy atom. The van der Waals surface area contributed by atoms with E-state index in [1.807, 2.05) is 0 Å². The predicted molar refractivity (Wildman–Crippen MR) is 93.9 cm³/mol. The number of hydrogen-bond acceptors (Lipinski definition) is 4. The number of hydrogen-bond donors (Lipinski definition) is 1. The summed E-state index contributed by atoms with van der Waals surface area (Å²) in [7, 11) is 0. The van der Waals surface area contributed by atoms with E-state index in [1.54, 1.807) is 6.07 Å². The molecule has 2 aromatic rings. The van der Waals surface area contributed by atoms with Gasteiger partial charge in [0.2, 0.25) is 0 Å². The van der Waals surface area contributed by atoms with Crippen molar-refractivity contribution < 1.29 is 27.5 Å². The normalized spacial score (nSPS) is 12.6. The average Bonchev–Trinajstić information content (AvgIpc) is 2.61. The first-order valence-electron chi connectivity index (χ1n) is 7.64. The van der Waals surface area contributed by atoms with E-state index in [4.69, 9.17) is 16.3 Å². The molecule has 2 rings (SSSR count). The quantitative estimate of drug-likeness (QED) is 0.462. The van der Waals surface area contributed by atoms with Gasteiger partial charge in [-0.25, -0.2) is 9.78 Å². The average molecular weight is 399 g/mol. The Labute approximate surface area is 157 Å². The van der Waals surface area contributed by atoms with Crippen LogP contribution in [0, 0.1) is 0 Å². The van der Waals surface area contributed by atoms with E-state index in [1.165, 1.54) is 37.4 Å². The van der Waals surface area contributed by atoms with Crippen molar-refractivity contribution in [1.29, 1.82) is 0 Å². The minimum Gasteiger partial charge on any atom is -0.449 e. The lowest BCUT2D eigenvalue weighted by molar-refractivity contribution is -0.148. The molecule has 0 fully saturated rings. The van der Waals surface area contributed by atoms with Gasteiger partial charge in [-0.2, -0.15) is 13.2 Å². The van der Waals surface area contributed by atoms with Crippen LogP contribution in [-0.4, -0.2) is 23.0 Å². The van der Waals surface area contributed by atoms with Gasteiger partial charge < -0.3 is 10.1 Å². The van der Waals surface area contributed by atoms with Gasteiger partial charge in [-0.05, 0) is 42.8 Å². The van der Waals surface area contributed by atoms with Crippen LogP contribution in [0.3, 0.4) is 0 Å². The van der Waals surface area contributed by atoms with Crippen molar-refractivity contribution in [2.45, 2.75) is 19.2 Å². The molecule has 1 atom stereocenters. The Kier molecular flexibility index (Phi) is 6.57. The van der Waals surface area contributed by atoms with E-state index in [0.717, 1.165) is 18.2 Å². The van der Waals surface area contributed by atoms with Crippen LogP contribution in [0.1, 0.15) is 18.1 Å². The predicted octanol–water partition coefficient (Wildman–Crippen LogP) is 4.34. The van der Waals surface area contributed by atoms with Gasteiger partial charge in [-0.3, -0.25) is 4.79 Å². The van der Waals surface area contributed by atoms with Crippen LogP contribution in [0.2, 0.25) is 5.15 Å². The fourth-order valence-corrected chi connectivity index (χ4v) is 2.09. The minimum atomic E-state index is -4.43. The van der Waals surface area contributed by atoms with Crippen LogP contribution in [-0.2, 0) is 20.5 Å². The van der Waals surface area contributed by atoms with Gasteiger partial charge in [0, 0.05) is 12.3 Å². The van der Waals surface area contributed by atoms with Crippen LogP contribution in [0.15, 0.2) is 48.7 Å². The summed E-state index contributed by atoms with van der Waals surface area (Å²) in [4.78, 5) is 27.6. The van der Waals surface area contributed by atoms with Crippen molar-refractivity contribution in [1.82, 2.24) is 4.98 Å². The number of esters is 1. The van der Waals surface area contributed by atoms with E-state index in [2.05, 4.69) is 10.3 Å². The molecule has 1 N–H and O–H groups in total. The number of rotatable bonds is 5. The van der Waals surface area contributed by atoms with Crippen molar-refractivity contribution in [2.75, 3.05) is 5.32 Å². The minimum absolute atomic E-state index is 0.0894. The summed E-state index contributed by atoms with van der Waals surface area (Å²) in [6, 6.07) is 7.34. The highest BCUT2D eigenvalue weighted by atomic mass is 35.5. The summed E-state index contributed by atoms with van der Waals surface area (Å²) in [5.74, 6) is -1.43. The topological polar surface area (TPSA) is 68.3 Å². The highest BCUT2D eigenvalue weighted by Gasteiger charge is 2.29. The monoisotopic (exact) mass is 398 g/mol. The van der Waals surface area contributed by atoms with E-state index in [-0.39, 0.29) is 10.8 Å². The van der Waals surface area contributed by atoms with Crippen LogP contribution in [0.25, 0.3) is 6.08 Å².